The third-order valence-electron chi connectivity index (χ3n) is 2.79. The molecule has 2 N–H and O–H groups in total. The summed E-state index contributed by atoms with van der Waals surface area (Å²) >= 11 is 0. The maximum absolute atomic E-state index is 12.9. The van der Waals surface area contributed by atoms with Crippen LogP contribution in [0.1, 0.15) is 18.4 Å². The normalized spacial score (nSPS) is 13.8. The lowest BCUT2D eigenvalue weighted by molar-refractivity contribution is -0.120. The fraction of sp³-hybridized carbons (Fsp3) is 0.462. The Morgan fingerprint density at radius 3 is 2.83 bits per heavy atom. The Morgan fingerprint density at radius 2 is 2.17 bits per heavy atom. The highest BCUT2D eigenvalue weighted by Gasteiger charge is 2.20. The van der Waals surface area contributed by atoms with E-state index in [2.05, 4.69) is 10.6 Å². The number of carbonyl (C=O) groups excluding carboxylic acids is 1. The summed E-state index contributed by atoms with van der Waals surface area (Å²) in [5.74, 6) is 0.449. The summed E-state index contributed by atoms with van der Waals surface area (Å²) in [4.78, 5) is 11.4. The lowest BCUT2D eigenvalue weighted by Crippen LogP contribution is -2.34. The first-order chi connectivity index (χ1) is 8.24. The van der Waals surface area contributed by atoms with Crippen molar-refractivity contribution in [1.29, 1.82) is 0 Å². The van der Waals surface area contributed by atoms with Crippen LogP contribution in [0.5, 0.6) is 0 Å². The van der Waals surface area contributed by atoms with E-state index in [1.165, 1.54) is 25.0 Å². The molecule has 0 unspecified atom stereocenters. The SMILES string of the molecule is Cl.O=C(CNCC1CC1)NCc1cccc(F)c1. The van der Waals surface area contributed by atoms with Gasteiger partial charge >= 0.3 is 0 Å². The van der Waals surface area contributed by atoms with Crippen molar-refractivity contribution >= 4 is 18.3 Å². The number of hydrogen-bond acceptors (Lipinski definition) is 2. The van der Waals surface area contributed by atoms with Crippen molar-refractivity contribution in [2.24, 2.45) is 5.92 Å². The molecule has 1 fully saturated rings. The standard InChI is InChI=1S/C13H17FN2O.ClH/c14-12-3-1-2-11(6-12)8-16-13(17)9-15-7-10-4-5-10;/h1-3,6,10,15H,4-5,7-9H2,(H,16,17);1H. The van der Waals surface area contributed by atoms with Crippen LogP contribution >= 0.6 is 12.4 Å². The van der Waals surface area contributed by atoms with Crippen LogP contribution in [-0.4, -0.2) is 19.0 Å². The second kappa shape index (κ2) is 7.34. The predicted octanol–water partition coefficient (Wildman–Crippen LogP) is 1.86. The van der Waals surface area contributed by atoms with Crippen LogP contribution in [0.4, 0.5) is 4.39 Å². The highest BCUT2D eigenvalue weighted by molar-refractivity contribution is 5.85. The van der Waals surface area contributed by atoms with Crippen LogP contribution in [0.15, 0.2) is 24.3 Å². The Bertz CT molecular complexity index is 396. The van der Waals surface area contributed by atoms with E-state index in [0.717, 1.165) is 18.0 Å². The van der Waals surface area contributed by atoms with Crippen molar-refractivity contribution < 1.29 is 9.18 Å². The van der Waals surface area contributed by atoms with Gasteiger partial charge in [0.25, 0.3) is 0 Å². The Morgan fingerprint density at radius 1 is 1.39 bits per heavy atom. The second-order valence-electron chi connectivity index (χ2n) is 4.48. The van der Waals surface area contributed by atoms with E-state index in [4.69, 9.17) is 0 Å². The predicted molar refractivity (Wildman–Crippen MR) is 71.1 cm³/mol. The average Bonchev–Trinajstić information content (AvgIpc) is 3.11. The number of rotatable bonds is 6. The number of nitrogens with one attached hydrogen (secondary N) is 2. The maximum atomic E-state index is 12.9. The zero-order chi connectivity index (χ0) is 12.1. The van der Waals surface area contributed by atoms with Gasteiger partial charge < -0.3 is 10.6 Å². The Labute approximate surface area is 113 Å². The molecule has 100 valence electrons. The second-order valence-corrected chi connectivity index (χ2v) is 4.48. The number of amides is 1. The van der Waals surface area contributed by atoms with Crippen LogP contribution in [0.2, 0.25) is 0 Å². The van der Waals surface area contributed by atoms with Crippen molar-refractivity contribution in [3.63, 3.8) is 0 Å². The minimum atomic E-state index is -0.274. The third kappa shape index (κ3) is 5.47. The van der Waals surface area contributed by atoms with Crippen molar-refractivity contribution in [1.82, 2.24) is 10.6 Å². The lowest BCUT2D eigenvalue weighted by Gasteiger charge is -2.06. The molecule has 5 heteroatoms. The van der Waals surface area contributed by atoms with E-state index in [9.17, 15) is 9.18 Å². The number of halogens is 2. The van der Waals surface area contributed by atoms with Gasteiger partial charge in [0.2, 0.25) is 5.91 Å². The molecular formula is C13H18ClFN2O. The molecule has 1 aliphatic rings. The summed E-state index contributed by atoms with van der Waals surface area (Å²) in [7, 11) is 0. The molecule has 18 heavy (non-hydrogen) atoms. The largest absolute Gasteiger partial charge is 0.351 e. The molecule has 0 heterocycles. The molecular weight excluding hydrogens is 255 g/mol. The monoisotopic (exact) mass is 272 g/mol. The van der Waals surface area contributed by atoms with Gasteiger partial charge in [-0.3, -0.25) is 4.79 Å². The van der Waals surface area contributed by atoms with Gasteiger partial charge in [0.1, 0.15) is 5.82 Å². The Balaban J connectivity index is 0.00000162. The molecule has 1 aromatic carbocycles. The van der Waals surface area contributed by atoms with Crippen LogP contribution in [0.3, 0.4) is 0 Å². The van der Waals surface area contributed by atoms with Crippen LogP contribution in [0, 0.1) is 11.7 Å². The van der Waals surface area contributed by atoms with Crippen LogP contribution in [0.25, 0.3) is 0 Å². The molecule has 0 spiro atoms. The summed E-state index contributed by atoms with van der Waals surface area (Å²) < 4.78 is 12.9. The summed E-state index contributed by atoms with van der Waals surface area (Å²) in [5, 5.41) is 5.86. The zero-order valence-electron chi connectivity index (χ0n) is 10.1. The molecule has 0 saturated heterocycles. The van der Waals surface area contributed by atoms with Gasteiger partial charge in [0.15, 0.2) is 0 Å². The summed E-state index contributed by atoms with van der Waals surface area (Å²) in [6, 6.07) is 6.25. The molecule has 1 amide bonds. The molecule has 1 aromatic rings. The highest BCUT2D eigenvalue weighted by atomic mass is 35.5. The first-order valence-electron chi connectivity index (χ1n) is 5.96. The lowest BCUT2D eigenvalue weighted by atomic mass is 10.2. The van der Waals surface area contributed by atoms with Gasteiger partial charge in [-0.2, -0.15) is 0 Å². The van der Waals surface area contributed by atoms with Gasteiger partial charge in [0.05, 0.1) is 6.54 Å². The molecule has 0 aliphatic heterocycles. The fourth-order valence-corrected chi connectivity index (χ4v) is 1.62. The number of benzene rings is 1. The van der Waals surface area contributed by atoms with Crippen LogP contribution < -0.4 is 10.6 Å². The smallest absolute Gasteiger partial charge is 0.234 e. The topological polar surface area (TPSA) is 41.1 Å². The molecule has 0 atom stereocenters. The van der Waals surface area contributed by atoms with E-state index >= 15 is 0 Å². The number of carbonyl (C=O) groups is 1. The van der Waals surface area contributed by atoms with Gasteiger partial charge in [-0.1, -0.05) is 12.1 Å². The third-order valence-corrected chi connectivity index (χ3v) is 2.79. The first-order valence-corrected chi connectivity index (χ1v) is 5.96. The Kier molecular flexibility index (Phi) is 6.09. The van der Waals surface area contributed by atoms with E-state index in [-0.39, 0.29) is 24.1 Å². The summed E-state index contributed by atoms with van der Waals surface area (Å²) in [5.41, 5.74) is 0.778. The van der Waals surface area contributed by atoms with Gasteiger partial charge in [-0.05, 0) is 43.0 Å². The van der Waals surface area contributed by atoms with Crippen LogP contribution in [-0.2, 0) is 11.3 Å². The summed E-state index contributed by atoms with van der Waals surface area (Å²) in [6.07, 6.45) is 2.55. The Hall–Kier alpha value is -1.13. The fourth-order valence-electron chi connectivity index (χ4n) is 1.62. The molecule has 3 nitrogen and oxygen atoms in total. The van der Waals surface area contributed by atoms with E-state index in [1.54, 1.807) is 12.1 Å². The van der Waals surface area contributed by atoms with E-state index in [1.807, 2.05) is 0 Å². The molecule has 1 aliphatic carbocycles. The first kappa shape index (κ1) is 14.9. The minimum absolute atomic E-state index is 0. The quantitative estimate of drug-likeness (QED) is 0.830. The molecule has 0 bridgehead atoms. The minimum Gasteiger partial charge on any atom is -0.351 e. The average molecular weight is 273 g/mol. The van der Waals surface area contributed by atoms with Crippen molar-refractivity contribution in [2.45, 2.75) is 19.4 Å². The van der Waals surface area contributed by atoms with E-state index in [0.29, 0.717) is 13.1 Å². The summed E-state index contributed by atoms with van der Waals surface area (Å²) in [6.45, 7) is 1.64. The van der Waals surface area contributed by atoms with Crippen molar-refractivity contribution in [3.8, 4) is 0 Å². The van der Waals surface area contributed by atoms with E-state index < -0.39 is 0 Å². The zero-order valence-corrected chi connectivity index (χ0v) is 10.9. The molecule has 0 aromatic heterocycles. The highest BCUT2D eigenvalue weighted by Crippen LogP contribution is 2.27. The molecule has 1 saturated carbocycles. The van der Waals surface area contributed by atoms with Gasteiger partial charge in [-0.15, -0.1) is 12.4 Å². The maximum Gasteiger partial charge on any atom is 0.234 e. The van der Waals surface area contributed by atoms with Gasteiger partial charge in [-0.25, -0.2) is 4.39 Å². The van der Waals surface area contributed by atoms with Crippen molar-refractivity contribution in [2.75, 3.05) is 13.1 Å². The number of hydrogen-bond donors (Lipinski definition) is 2. The van der Waals surface area contributed by atoms with Crippen molar-refractivity contribution in [3.05, 3.63) is 35.6 Å². The molecule has 0 radical (unpaired) electrons. The van der Waals surface area contributed by atoms with Gasteiger partial charge in [0, 0.05) is 6.54 Å². The molecule has 2 rings (SSSR count).